The molecule has 0 fully saturated rings. The van der Waals surface area contributed by atoms with E-state index in [1.807, 2.05) is 19.9 Å². The van der Waals surface area contributed by atoms with E-state index in [4.69, 9.17) is 4.74 Å². The van der Waals surface area contributed by atoms with Crippen molar-refractivity contribution >= 4 is 21.6 Å². The van der Waals surface area contributed by atoms with Crippen LogP contribution in [0.1, 0.15) is 41.0 Å². The quantitative estimate of drug-likeness (QED) is 0.815. The number of ether oxygens (including phenoxy) is 1. The maximum atomic E-state index is 12.2. The Morgan fingerprint density at radius 2 is 1.83 bits per heavy atom. The second kappa shape index (κ2) is 7.98. The Kier molecular flexibility index (Phi) is 6.80. The number of para-hydroxylation sites is 2. The maximum Gasteiger partial charge on any atom is 0.225 e. The van der Waals surface area contributed by atoms with Crippen LogP contribution in [-0.2, 0) is 14.8 Å². The van der Waals surface area contributed by atoms with E-state index in [0.717, 1.165) is 6.26 Å². The molecule has 1 aromatic carbocycles. The first-order chi connectivity index (χ1) is 10.9. The number of carbonyl (C=O) groups excluding carboxylic acids is 1. The third kappa shape index (κ3) is 6.49. The molecule has 136 valence electrons. The van der Waals surface area contributed by atoms with Crippen molar-refractivity contribution in [2.45, 2.75) is 52.7 Å². The molecule has 0 aliphatic rings. The second-order valence-electron chi connectivity index (χ2n) is 6.97. The Hall–Kier alpha value is -1.60. The Balaban J connectivity index is 2.77. The van der Waals surface area contributed by atoms with Crippen LogP contribution in [0.3, 0.4) is 0 Å². The molecule has 0 unspecified atom stereocenters. The molecule has 6 nitrogen and oxygen atoms in total. The van der Waals surface area contributed by atoms with Crippen molar-refractivity contribution < 1.29 is 17.9 Å². The van der Waals surface area contributed by atoms with Gasteiger partial charge in [-0.1, -0.05) is 12.1 Å². The van der Waals surface area contributed by atoms with Crippen LogP contribution in [0, 0.1) is 0 Å². The van der Waals surface area contributed by atoms with E-state index in [0.29, 0.717) is 11.4 Å². The summed E-state index contributed by atoms with van der Waals surface area (Å²) in [5, 5.41) is 2.79. The van der Waals surface area contributed by atoms with Gasteiger partial charge in [-0.2, -0.15) is 4.31 Å². The van der Waals surface area contributed by atoms with Gasteiger partial charge < -0.3 is 10.1 Å². The summed E-state index contributed by atoms with van der Waals surface area (Å²) >= 11 is 0. The van der Waals surface area contributed by atoms with Crippen LogP contribution in [0.15, 0.2) is 24.3 Å². The van der Waals surface area contributed by atoms with Crippen LogP contribution in [-0.4, -0.2) is 43.1 Å². The number of anilines is 1. The van der Waals surface area contributed by atoms with Gasteiger partial charge in [-0.3, -0.25) is 4.79 Å². The number of hydrogen-bond acceptors (Lipinski definition) is 4. The van der Waals surface area contributed by atoms with Gasteiger partial charge in [0.25, 0.3) is 0 Å². The summed E-state index contributed by atoms with van der Waals surface area (Å²) in [5.74, 6) is 0.337. The molecular formula is C17H28N2O4S. The van der Waals surface area contributed by atoms with Gasteiger partial charge in [0.2, 0.25) is 15.9 Å². The van der Waals surface area contributed by atoms with Gasteiger partial charge >= 0.3 is 0 Å². The van der Waals surface area contributed by atoms with Crippen molar-refractivity contribution in [2.75, 3.05) is 18.1 Å². The van der Waals surface area contributed by atoms with E-state index < -0.39 is 15.6 Å². The van der Waals surface area contributed by atoms with Gasteiger partial charge in [-0.15, -0.1) is 0 Å². The second-order valence-corrected chi connectivity index (χ2v) is 8.87. The summed E-state index contributed by atoms with van der Waals surface area (Å²) in [5.41, 5.74) is 0.00450. The predicted octanol–water partition coefficient (Wildman–Crippen LogP) is 2.86. The van der Waals surface area contributed by atoms with E-state index in [1.54, 1.807) is 39.0 Å². The maximum absolute atomic E-state index is 12.2. The van der Waals surface area contributed by atoms with Crippen LogP contribution in [0.4, 0.5) is 5.69 Å². The van der Waals surface area contributed by atoms with Crippen molar-refractivity contribution in [1.29, 1.82) is 0 Å². The highest BCUT2D eigenvalue weighted by Crippen LogP contribution is 2.25. The van der Waals surface area contributed by atoms with Crippen LogP contribution >= 0.6 is 0 Å². The molecule has 1 N–H and O–H groups in total. The van der Waals surface area contributed by atoms with Crippen molar-refractivity contribution in [3.63, 3.8) is 0 Å². The number of rotatable bonds is 7. The van der Waals surface area contributed by atoms with Crippen LogP contribution in [0.2, 0.25) is 0 Å². The van der Waals surface area contributed by atoms with Gasteiger partial charge in [-0.25, -0.2) is 8.42 Å². The largest absolute Gasteiger partial charge is 0.489 e. The molecule has 1 aromatic rings. The summed E-state index contributed by atoms with van der Waals surface area (Å²) < 4.78 is 30.8. The minimum absolute atomic E-state index is 0.00957. The van der Waals surface area contributed by atoms with Crippen LogP contribution < -0.4 is 10.1 Å². The highest BCUT2D eigenvalue weighted by molar-refractivity contribution is 7.88. The van der Waals surface area contributed by atoms with Crippen molar-refractivity contribution in [3.05, 3.63) is 24.3 Å². The summed E-state index contributed by atoms with van der Waals surface area (Å²) in [4.78, 5) is 12.2. The fourth-order valence-electron chi connectivity index (χ4n) is 2.34. The van der Waals surface area contributed by atoms with Gasteiger partial charge in [0, 0.05) is 18.5 Å². The molecule has 0 saturated carbocycles. The lowest BCUT2D eigenvalue weighted by atomic mass is 10.1. The van der Waals surface area contributed by atoms with E-state index >= 15 is 0 Å². The molecule has 0 heterocycles. The first-order valence-corrected chi connectivity index (χ1v) is 9.79. The van der Waals surface area contributed by atoms with Crippen molar-refractivity contribution in [2.24, 2.45) is 0 Å². The summed E-state index contributed by atoms with van der Waals surface area (Å²) in [6, 6.07) is 7.18. The zero-order valence-corrected chi connectivity index (χ0v) is 16.1. The number of amides is 1. The molecule has 0 radical (unpaired) electrons. The third-order valence-electron chi connectivity index (χ3n) is 3.21. The topological polar surface area (TPSA) is 75.7 Å². The fraction of sp³-hybridized carbons (Fsp3) is 0.588. The predicted molar refractivity (Wildman–Crippen MR) is 96.8 cm³/mol. The lowest BCUT2D eigenvalue weighted by Gasteiger charge is -2.33. The smallest absolute Gasteiger partial charge is 0.225 e. The number of benzene rings is 1. The standard InChI is InChI=1S/C17H28N2O4S/c1-13(2)23-15-10-8-7-9-14(15)18-16(20)11-12-19(17(3,4)5)24(6,21)22/h7-10,13H,11-12H2,1-6H3,(H,18,20). The minimum atomic E-state index is -3.39. The molecule has 0 bridgehead atoms. The van der Waals surface area contributed by atoms with Crippen LogP contribution in [0.25, 0.3) is 0 Å². The highest BCUT2D eigenvalue weighted by atomic mass is 32.2. The van der Waals surface area contributed by atoms with Crippen LogP contribution in [0.5, 0.6) is 5.75 Å². The van der Waals surface area contributed by atoms with E-state index in [1.165, 1.54) is 4.31 Å². The Morgan fingerprint density at radius 3 is 2.33 bits per heavy atom. The molecule has 1 rings (SSSR count). The molecule has 0 atom stereocenters. The van der Waals surface area contributed by atoms with E-state index in [-0.39, 0.29) is 25.0 Å². The van der Waals surface area contributed by atoms with Gasteiger partial charge in [0.15, 0.2) is 0 Å². The normalized spacial score (nSPS) is 12.5. The van der Waals surface area contributed by atoms with Gasteiger partial charge in [0.1, 0.15) is 5.75 Å². The third-order valence-corrected chi connectivity index (χ3v) is 4.75. The molecule has 0 spiro atoms. The zero-order chi connectivity index (χ0) is 18.5. The lowest BCUT2D eigenvalue weighted by Crippen LogP contribution is -2.46. The number of carbonyl (C=O) groups is 1. The molecule has 0 aromatic heterocycles. The molecule has 0 aliphatic heterocycles. The van der Waals surface area contributed by atoms with E-state index in [2.05, 4.69) is 5.32 Å². The van der Waals surface area contributed by atoms with E-state index in [9.17, 15) is 13.2 Å². The minimum Gasteiger partial charge on any atom is -0.489 e. The number of sulfonamides is 1. The average Bonchev–Trinajstić information content (AvgIpc) is 2.37. The first-order valence-electron chi connectivity index (χ1n) is 7.94. The number of nitrogens with zero attached hydrogens (tertiary/aromatic N) is 1. The summed E-state index contributed by atoms with van der Waals surface area (Å²) in [7, 11) is -3.39. The SMILES string of the molecule is CC(C)Oc1ccccc1NC(=O)CCN(C(C)(C)C)S(C)(=O)=O. The zero-order valence-electron chi connectivity index (χ0n) is 15.3. The average molecular weight is 356 g/mol. The number of nitrogens with one attached hydrogen (secondary N) is 1. The van der Waals surface area contributed by atoms with Gasteiger partial charge in [0.05, 0.1) is 18.0 Å². The molecular weight excluding hydrogens is 328 g/mol. The molecule has 7 heteroatoms. The van der Waals surface area contributed by atoms with Crippen molar-refractivity contribution in [1.82, 2.24) is 4.31 Å². The summed E-state index contributed by atoms with van der Waals surface area (Å²) in [6.07, 6.45) is 1.21. The first kappa shape index (κ1) is 20.4. The van der Waals surface area contributed by atoms with Crippen molar-refractivity contribution in [3.8, 4) is 5.75 Å². The Bertz CT molecular complexity index is 663. The fourth-order valence-corrected chi connectivity index (χ4v) is 3.76. The molecule has 24 heavy (non-hydrogen) atoms. The van der Waals surface area contributed by atoms with Gasteiger partial charge in [-0.05, 0) is 46.8 Å². The number of hydrogen-bond donors (Lipinski definition) is 1. The monoisotopic (exact) mass is 356 g/mol. The highest BCUT2D eigenvalue weighted by Gasteiger charge is 2.29. The molecule has 0 saturated heterocycles. The lowest BCUT2D eigenvalue weighted by molar-refractivity contribution is -0.116. The molecule has 1 amide bonds. The Morgan fingerprint density at radius 1 is 1.25 bits per heavy atom. The molecule has 0 aliphatic carbocycles. The Labute approximate surface area is 145 Å². The summed E-state index contributed by atoms with van der Waals surface area (Å²) in [6.45, 7) is 9.35.